The Morgan fingerprint density at radius 3 is 2.74 bits per heavy atom. The van der Waals surface area contributed by atoms with E-state index in [1.165, 1.54) is 25.7 Å². The second kappa shape index (κ2) is 4.78. The highest BCUT2D eigenvalue weighted by atomic mass is 16.5. The third kappa shape index (κ3) is 2.48. The van der Waals surface area contributed by atoms with Crippen molar-refractivity contribution in [2.45, 2.75) is 44.6 Å². The fourth-order valence-electron chi connectivity index (χ4n) is 3.79. The van der Waals surface area contributed by atoms with E-state index in [-0.39, 0.29) is 24.3 Å². The molecule has 2 atom stereocenters. The molecule has 1 saturated heterocycles. The van der Waals surface area contributed by atoms with E-state index < -0.39 is 5.97 Å². The predicted molar refractivity (Wildman–Crippen MR) is 67.6 cm³/mol. The maximum absolute atomic E-state index is 12.5. The first kappa shape index (κ1) is 12.9. The minimum Gasteiger partial charge on any atom is -0.481 e. The summed E-state index contributed by atoms with van der Waals surface area (Å²) in [5.41, 5.74) is 0.317. The van der Waals surface area contributed by atoms with Crippen LogP contribution in [0.25, 0.3) is 0 Å². The summed E-state index contributed by atoms with van der Waals surface area (Å²) in [7, 11) is 0. The summed E-state index contributed by atoms with van der Waals surface area (Å²) in [6.45, 7) is 1.52. The van der Waals surface area contributed by atoms with E-state index in [0.29, 0.717) is 25.1 Å². The molecule has 5 heteroatoms. The van der Waals surface area contributed by atoms with Crippen molar-refractivity contribution in [3.63, 3.8) is 0 Å². The number of amides is 1. The fourth-order valence-corrected chi connectivity index (χ4v) is 3.79. The zero-order chi connectivity index (χ0) is 13.5. The molecule has 0 aromatic heterocycles. The van der Waals surface area contributed by atoms with Gasteiger partial charge in [-0.3, -0.25) is 9.59 Å². The van der Waals surface area contributed by atoms with Crippen molar-refractivity contribution < 1.29 is 19.4 Å². The molecule has 1 amide bonds. The molecule has 1 aliphatic heterocycles. The molecular weight excluding hydrogens is 246 g/mol. The first-order valence-corrected chi connectivity index (χ1v) is 7.23. The quantitative estimate of drug-likeness (QED) is 0.836. The van der Waals surface area contributed by atoms with E-state index in [0.717, 1.165) is 6.42 Å². The number of hydrogen-bond donors (Lipinski definition) is 1. The SMILES string of the molecule is O=C(O)CC1CN(C(=O)C2CC23CCCC3)CCO1. The van der Waals surface area contributed by atoms with Crippen molar-refractivity contribution in [2.75, 3.05) is 19.7 Å². The lowest BCUT2D eigenvalue weighted by Gasteiger charge is -2.33. The molecule has 2 unspecified atom stereocenters. The number of rotatable bonds is 3. The van der Waals surface area contributed by atoms with E-state index in [1.54, 1.807) is 0 Å². The average molecular weight is 267 g/mol. The molecule has 3 fully saturated rings. The maximum Gasteiger partial charge on any atom is 0.306 e. The van der Waals surface area contributed by atoms with Gasteiger partial charge in [-0.15, -0.1) is 0 Å². The highest BCUT2D eigenvalue weighted by Crippen LogP contribution is 2.63. The van der Waals surface area contributed by atoms with E-state index in [9.17, 15) is 9.59 Å². The molecular formula is C14H21NO4. The summed E-state index contributed by atoms with van der Waals surface area (Å²) in [4.78, 5) is 25.0. The zero-order valence-corrected chi connectivity index (χ0v) is 11.1. The number of aliphatic carboxylic acids is 1. The van der Waals surface area contributed by atoms with Crippen LogP contribution in [0.5, 0.6) is 0 Å². The van der Waals surface area contributed by atoms with Crippen LogP contribution in [-0.4, -0.2) is 47.7 Å². The zero-order valence-electron chi connectivity index (χ0n) is 11.1. The Bertz CT molecular complexity index is 389. The summed E-state index contributed by atoms with van der Waals surface area (Å²) >= 11 is 0. The van der Waals surface area contributed by atoms with Crippen LogP contribution >= 0.6 is 0 Å². The van der Waals surface area contributed by atoms with Gasteiger partial charge in [-0.2, -0.15) is 0 Å². The largest absolute Gasteiger partial charge is 0.481 e. The van der Waals surface area contributed by atoms with Gasteiger partial charge in [-0.25, -0.2) is 0 Å². The van der Waals surface area contributed by atoms with Gasteiger partial charge in [0.05, 0.1) is 19.1 Å². The molecule has 5 nitrogen and oxygen atoms in total. The molecule has 2 saturated carbocycles. The van der Waals surface area contributed by atoms with Crippen LogP contribution in [0, 0.1) is 11.3 Å². The lowest BCUT2D eigenvalue weighted by Crippen LogP contribution is -2.47. The van der Waals surface area contributed by atoms with Crippen molar-refractivity contribution in [1.82, 2.24) is 4.90 Å². The van der Waals surface area contributed by atoms with Crippen LogP contribution < -0.4 is 0 Å². The molecule has 1 spiro atoms. The van der Waals surface area contributed by atoms with Gasteiger partial charge in [0.1, 0.15) is 0 Å². The van der Waals surface area contributed by atoms with E-state index in [2.05, 4.69) is 0 Å². The summed E-state index contributed by atoms with van der Waals surface area (Å²) in [5, 5.41) is 8.80. The van der Waals surface area contributed by atoms with Crippen LogP contribution in [0.3, 0.4) is 0 Å². The third-order valence-corrected chi connectivity index (χ3v) is 4.94. The van der Waals surface area contributed by atoms with Crippen LogP contribution in [0.2, 0.25) is 0 Å². The smallest absolute Gasteiger partial charge is 0.306 e. The van der Waals surface area contributed by atoms with Gasteiger partial charge in [-0.1, -0.05) is 12.8 Å². The molecule has 0 bridgehead atoms. The lowest BCUT2D eigenvalue weighted by molar-refractivity contribution is -0.148. The second-order valence-electron chi connectivity index (χ2n) is 6.20. The Labute approximate surface area is 112 Å². The van der Waals surface area contributed by atoms with Gasteiger partial charge in [0, 0.05) is 19.0 Å². The number of carbonyl (C=O) groups excluding carboxylic acids is 1. The Morgan fingerprint density at radius 1 is 1.32 bits per heavy atom. The third-order valence-electron chi connectivity index (χ3n) is 4.94. The topological polar surface area (TPSA) is 66.8 Å². The normalized spacial score (nSPS) is 32.5. The molecule has 19 heavy (non-hydrogen) atoms. The van der Waals surface area contributed by atoms with Crippen LogP contribution in [-0.2, 0) is 14.3 Å². The summed E-state index contributed by atoms with van der Waals surface area (Å²) < 4.78 is 5.41. The van der Waals surface area contributed by atoms with Gasteiger partial charge >= 0.3 is 5.97 Å². The van der Waals surface area contributed by atoms with Gasteiger partial charge in [-0.05, 0) is 24.7 Å². The number of morpholine rings is 1. The van der Waals surface area contributed by atoms with E-state index in [1.807, 2.05) is 4.90 Å². The first-order chi connectivity index (χ1) is 9.11. The second-order valence-corrected chi connectivity index (χ2v) is 6.20. The van der Waals surface area contributed by atoms with Crippen molar-refractivity contribution in [3.8, 4) is 0 Å². The summed E-state index contributed by atoms with van der Waals surface area (Å²) in [6.07, 6.45) is 5.61. The number of ether oxygens (including phenoxy) is 1. The lowest BCUT2D eigenvalue weighted by atomic mass is 10.0. The highest BCUT2D eigenvalue weighted by Gasteiger charge is 2.59. The minimum absolute atomic E-state index is 0.0143. The number of carboxylic acids is 1. The standard InChI is InChI=1S/C14H21NO4/c16-12(17)7-10-9-15(5-6-19-10)13(18)11-8-14(11)3-1-2-4-14/h10-11H,1-9H2,(H,16,17). The Hall–Kier alpha value is -1.10. The first-order valence-electron chi connectivity index (χ1n) is 7.23. The van der Waals surface area contributed by atoms with Crippen molar-refractivity contribution in [1.29, 1.82) is 0 Å². The Kier molecular flexibility index (Phi) is 3.25. The Morgan fingerprint density at radius 2 is 2.05 bits per heavy atom. The molecule has 106 valence electrons. The molecule has 1 heterocycles. The van der Waals surface area contributed by atoms with Crippen LogP contribution in [0.15, 0.2) is 0 Å². The number of nitrogens with zero attached hydrogens (tertiary/aromatic N) is 1. The molecule has 1 N–H and O–H groups in total. The van der Waals surface area contributed by atoms with Crippen LogP contribution in [0.1, 0.15) is 38.5 Å². The van der Waals surface area contributed by atoms with Crippen molar-refractivity contribution >= 4 is 11.9 Å². The highest BCUT2D eigenvalue weighted by molar-refractivity contribution is 5.83. The Balaban J connectivity index is 1.57. The van der Waals surface area contributed by atoms with E-state index >= 15 is 0 Å². The minimum atomic E-state index is -0.863. The van der Waals surface area contributed by atoms with Gasteiger partial charge in [0.25, 0.3) is 0 Å². The summed E-state index contributed by atoms with van der Waals surface area (Å²) in [6, 6.07) is 0. The fraction of sp³-hybridized carbons (Fsp3) is 0.857. The predicted octanol–water partition coefficient (Wildman–Crippen LogP) is 1.27. The number of carbonyl (C=O) groups is 2. The van der Waals surface area contributed by atoms with E-state index in [4.69, 9.17) is 9.84 Å². The maximum atomic E-state index is 12.5. The van der Waals surface area contributed by atoms with Gasteiger partial charge < -0.3 is 14.7 Å². The average Bonchev–Trinajstić information content (AvgIpc) is 2.85. The molecule has 2 aliphatic carbocycles. The number of carboxylic acid groups (broad SMARTS) is 1. The molecule has 0 aromatic carbocycles. The van der Waals surface area contributed by atoms with Crippen molar-refractivity contribution in [3.05, 3.63) is 0 Å². The monoisotopic (exact) mass is 267 g/mol. The van der Waals surface area contributed by atoms with Crippen LogP contribution in [0.4, 0.5) is 0 Å². The van der Waals surface area contributed by atoms with Crippen molar-refractivity contribution in [2.24, 2.45) is 11.3 Å². The molecule has 0 radical (unpaired) electrons. The molecule has 3 rings (SSSR count). The summed E-state index contributed by atoms with van der Waals surface area (Å²) in [5.74, 6) is -0.419. The number of hydrogen-bond acceptors (Lipinski definition) is 3. The molecule has 3 aliphatic rings. The van der Waals surface area contributed by atoms with Gasteiger partial charge in [0.2, 0.25) is 5.91 Å². The molecule has 0 aromatic rings. The van der Waals surface area contributed by atoms with Gasteiger partial charge in [0.15, 0.2) is 0 Å².